The third-order valence-electron chi connectivity index (χ3n) is 6.16. The first-order valence-electron chi connectivity index (χ1n) is 12.0. The molecule has 4 rings (SSSR count). The van der Waals surface area contributed by atoms with E-state index in [2.05, 4.69) is 51.5 Å². The van der Waals surface area contributed by atoms with Crippen LogP contribution in [-0.4, -0.2) is 84.7 Å². The topological polar surface area (TPSA) is 125 Å². The third-order valence-corrected chi connectivity index (χ3v) is 6.41. The van der Waals surface area contributed by atoms with Gasteiger partial charge in [0.2, 0.25) is 11.8 Å². The summed E-state index contributed by atoms with van der Waals surface area (Å²) in [6.45, 7) is 5.22. The number of hydrogen-bond acceptors (Lipinski definition) is 6. The predicted molar refractivity (Wildman–Crippen MR) is 137 cm³/mol. The van der Waals surface area contributed by atoms with Gasteiger partial charge in [0.1, 0.15) is 12.6 Å². The largest absolute Gasteiger partial charge is 0.480 e. The average Bonchev–Trinajstić information content (AvgIpc) is 3.32. The van der Waals surface area contributed by atoms with E-state index in [9.17, 15) is 14.4 Å². The van der Waals surface area contributed by atoms with Crippen molar-refractivity contribution in [2.45, 2.75) is 24.9 Å². The van der Waals surface area contributed by atoms with Gasteiger partial charge in [-0.3, -0.25) is 19.4 Å². The van der Waals surface area contributed by atoms with Crippen LogP contribution in [0.15, 0.2) is 54.6 Å². The number of hydrogen-bond donors (Lipinski definition) is 3. The summed E-state index contributed by atoms with van der Waals surface area (Å²) in [7, 11) is 0. The lowest BCUT2D eigenvalue weighted by atomic mass is 9.96. The molecule has 194 valence electrons. The molecule has 2 fully saturated rings. The van der Waals surface area contributed by atoms with Crippen LogP contribution in [0, 0.1) is 0 Å². The Hall–Kier alpha value is -2.98. The number of ether oxygens (including phenoxy) is 1. The number of nitrogens with zero attached hydrogens (tertiary/aromatic N) is 2. The summed E-state index contributed by atoms with van der Waals surface area (Å²) in [5.74, 6) is -1.53. The Labute approximate surface area is 216 Å². The molecule has 2 amide bonds. The fraction of sp³-hybridized carbons (Fsp3) is 0.423. The number of nitrogens with one attached hydrogen (secondary N) is 1. The van der Waals surface area contributed by atoms with Gasteiger partial charge in [0.05, 0.1) is 12.6 Å². The van der Waals surface area contributed by atoms with E-state index in [0.29, 0.717) is 19.4 Å². The molecule has 2 aromatic rings. The molecule has 2 aliphatic heterocycles. The highest BCUT2D eigenvalue weighted by molar-refractivity contribution is 6.30. The van der Waals surface area contributed by atoms with Crippen LogP contribution in [0.3, 0.4) is 0 Å². The number of piperazine rings is 1. The number of carboxylic acids is 1. The van der Waals surface area contributed by atoms with Crippen LogP contribution in [0.4, 0.5) is 0 Å². The maximum Gasteiger partial charge on any atom is 0.326 e. The normalized spacial score (nSPS) is 19.1. The second-order valence-corrected chi connectivity index (χ2v) is 9.19. The maximum absolute atomic E-state index is 10.7. The minimum absolute atomic E-state index is 0.00733. The van der Waals surface area contributed by atoms with Crippen molar-refractivity contribution in [3.8, 4) is 0 Å². The number of aliphatic carboxylic acids is 1. The highest BCUT2D eigenvalue weighted by Gasteiger charge is 2.27. The monoisotopic (exact) mass is 516 g/mol. The van der Waals surface area contributed by atoms with Gasteiger partial charge in [0.15, 0.2) is 0 Å². The molecule has 0 spiro atoms. The third kappa shape index (κ3) is 8.60. The molecule has 4 N–H and O–H groups in total. The van der Waals surface area contributed by atoms with Gasteiger partial charge in [-0.2, -0.15) is 0 Å². The quantitative estimate of drug-likeness (QED) is 0.435. The van der Waals surface area contributed by atoms with Crippen molar-refractivity contribution in [2.24, 2.45) is 5.73 Å². The van der Waals surface area contributed by atoms with Crippen LogP contribution in [-0.2, 0) is 19.1 Å². The van der Waals surface area contributed by atoms with E-state index in [4.69, 9.17) is 27.2 Å². The molecule has 0 aromatic heterocycles. The summed E-state index contributed by atoms with van der Waals surface area (Å²) < 4.78 is 5.28. The molecule has 36 heavy (non-hydrogen) atoms. The van der Waals surface area contributed by atoms with Crippen LogP contribution in [0.5, 0.6) is 0 Å². The Morgan fingerprint density at radius 2 is 1.69 bits per heavy atom. The predicted octanol–water partition coefficient (Wildman–Crippen LogP) is 1.90. The molecule has 0 bridgehead atoms. The van der Waals surface area contributed by atoms with Gasteiger partial charge in [-0.25, -0.2) is 4.79 Å². The Kier molecular flexibility index (Phi) is 10.7. The number of carboxylic acid groups (broad SMARTS) is 1. The number of amides is 2. The number of carbonyl (C=O) groups is 3. The molecule has 9 nitrogen and oxygen atoms in total. The lowest BCUT2D eigenvalue weighted by Crippen LogP contribution is -2.48. The van der Waals surface area contributed by atoms with Crippen molar-refractivity contribution in [3.05, 3.63) is 70.7 Å². The molecule has 0 aliphatic carbocycles. The molecule has 2 aliphatic rings. The Morgan fingerprint density at radius 3 is 2.22 bits per heavy atom. The second-order valence-electron chi connectivity index (χ2n) is 8.76. The molecular formula is C26H33ClN4O5. The van der Waals surface area contributed by atoms with Gasteiger partial charge in [-0.05, 0) is 29.7 Å². The van der Waals surface area contributed by atoms with Gasteiger partial charge >= 0.3 is 5.97 Å². The first-order chi connectivity index (χ1) is 17.3. The standard InChI is InChI=1S/C21H26ClN3O2.C5H7NO3/c22-19-8-6-18(7-9-19)21(17-4-2-1-3-5-17)25-12-10-24(11-13-25)14-15-27-16-20(23)26;7-4-2-1-3(6-4)5(8)9/h1-9,21H,10-16H2,(H2,23,26);3H,1-2H2,(H,6,7)(H,8,9)/t21-;3-/m10/s1. The molecule has 2 saturated heterocycles. The van der Waals surface area contributed by atoms with Crippen molar-refractivity contribution in [1.29, 1.82) is 0 Å². The van der Waals surface area contributed by atoms with E-state index in [-0.39, 0.29) is 18.6 Å². The highest BCUT2D eigenvalue weighted by atomic mass is 35.5. The van der Waals surface area contributed by atoms with Crippen molar-refractivity contribution < 1.29 is 24.2 Å². The summed E-state index contributed by atoms with van der Waals surface area (Å²) in [5.41, 5.74) is 7.63. The maximum atomic E-state index is 10.7. The lowest BCUT2D eigenvalue weighted by molar-refractivity contribution is -0.140. The zero-order valence-corrected chi connectivity index (χ0v) is 20.9. The lowest BCUT2D eigenvalue weighted by Gasteiger charge is -2.39. The number of primary amides is 1. The van der Waals surface area contributed by atoms with E-state index < -0.39 is 17.9 Å². The fourth-order valence-corrected chi connectivity index (χ4v) is 4.43. The van der Waals surface area contributed by atoms with E-state index in [0.717, 1.165) is 37.7 Å². The SMILES string of the molecule is NC(=O)COCCN1CCN([C@H](c2ccccc2)c2ccc(Cl)cc2)CC1.O=C1CC[C@@H](C(=O)O)N1. The first kappa shape index (κ1) is 27.6. The molecule has 0 radical (unpaired) electrons. The van der Waals surface area contributed by atoms with Crippen LogP contribution >= 0.6 is 11.6 Å². The molecular weight excluding hydrogens is 484 g/mol. The molecule has 0 saturated carbocycles. The first-order valence-corrected chi connectivity index (χ1v) is 12.4. The van der Waals surface area contributed by atoms with Crippen LogP contribution in [0.2, 0.25) is 5.02 Å². The zero-order valence-electron chi connectivity index (χ0n) is 20.1. The van der Waals surface area contributed by atoms with E-state index in [1.807, 2.05) is 18.2 Å². The molecule has 0 unspecified atom stereocenters. The van der Waals surface area contributed by atoms with Crippen LogP contribution in [0.1, 0.15) is 30.0 Å². The van der Waals surface area contributed by atoms with Gasteiger partial charge < -0.3 is 20.9 Å². The number of rotatable bonds is 9. The number of benzene rings is 2. The van der Waals surface area contributed by atoms with Gasteiger partial charge in [-0.15, -0.1) is 0 Å². The van der Waals surface area contributed by atoms with Crippen molar-refractivity contribution in [2.75, 3.05) is 45.9 Å². The molecule has 2 heterocycles. The number of carbonyl (C=O) groups excluding carboxylic acids is 2. The van der Waals surface area contributed by atoms with Crippen molar-refractivity contribution in [3.63, 3.8) is 0 Å². The highest BCUT2D eigenvalue weighted by Crippen LogP contribution is 2.30. The van der Waals surface area contributed by atoms with E-state index in [1.54, 1.807) is 0 Å². The number of nitrogens with two attached hydrogens (primary N) is 1. The number of halogens is 1. The average molecular weight is 517 g/mol. The van der Waals surface area contributed by atoms with Crippen LogP contribution < -0.4 is 11.1 Å². The van der Waals surface area contributed by atoms with Crippen molar-refractivity contribution in [1.82, 2.24) is 15.1 Å². The van der Waals surface area contributed by atoms with Crippen molar-refractivity contribution >= 4 is 29.4 Å². The smallest absolute Gasteiger partial charge is 0.326 e. The Morgan fingerprint density at radius 1 is 1.06 bits per heavy atom. The zero-order chi connectivity index (χ0) is 25.9. The second kappa shape index (κ2) is 13.9. The Balaban J connectivity index is 0.000000338. The van der Waals surface area contributed by atoms with E-state index >= 15 is 0 Å². The van der Waals surface area contributed by atoms with Crippen LogP contribution in [0.25, 0.3) is 0 Å². The van der Waals surface area contributed by atoms with Gasteiger partial charge in [0, 0.05) is 44.2 Å². The molecule has 10 heteroatoms. The summed E-state index contributed by atoms with van der Waals surface area (Å²) in [4.78, 5) is 36.1. The minimum atomic E-state index is -0.944. The summed E-state index contributed by atoms with van der Waals surface area (Å²) in [6.07, 6.45) is 0.769. The molecule has 2 aromatic carbocycles. The fourth-order valence-electron chi connectivity index (χ4n) is 4.31. The molecule has 2 atom stereocenters. The summed E-state index contributed by atoms with van der Waals surface area (Å²) in [6, 6.07) is 18.3. The Bertz CT molecular complexity index is 997. The summed E-state index contributed by atoms with van der Waals surface area (Å²) in [5, 5.41) is 11.4. The minimum Gasteiger partial charge on any atom is -0.480 e. The van der Waals surface area contributed by atoms with Gasteiger partial charge in [0.25, 0.3) is 0 Å². The summed E-state index contributed by atoms with van der Waals surface area (Å²) >= 11 is 6.09. The van der Waals surface area contributed by atoms with E-state index in [1.165, 1.54) is 11.1 Å². The van der Waals surface area contributed by atoms with Gasteiger partial charge in [-0.1, -0.05) is 54.1 Å².